The zero-order valence-electron chi connectivity index (χ0n) is 9.44. The summed E-state index contributed by atoms with van der Waals surface area (Å²) in [4.78, 5) is 8.20. The van der Waals surface area contributed by atoms with Crippen molar-refractivity contribution in [2.45, 2.75) is 0 Å². The lowest BCUT2D eigenvalue weighted by atomic mass is 10.3. The van der Waals surface area contributed by atoms with Crippen LogP contribution in [0, 0.1) is 11.6 Å². The molecule has 0 fully saturated rings. The van der Waals surface area contributed by atoms with Crippen LogP contribution in [0.1, 0.15) is 0 Å². The van der Waals surface area contributed by atoms with E-state index in [0.29, 0.717) is 11.2 Å². The van der Waals surface area contributed by atoms with Crippen molar-refractivity contribution in [3.8, 4) is 5.69 Å². The van der Waals surface area contributed by atoms with Crippen molar-refractivity contribution in [1.82, 2.24) is 14.5 Å². The fourth-order valence-electron chi connectivity index (χ4n) is 1.85. The fraction of sp³-hybridized carbons (Fsp3) is 0. The maximum atomic E-state index is 13.9. The van der Waals surface area contributed by atoms with Gasteiger partial charge >= 0.3 is 0 Å². The Hall–Kier alpha value is -2.02. The lowest BCUT2D eigenvalue weighted by molar-refractivity contribution is 0.574. The Labute approximate surface area is 115 Å². The van der Waals surface area contributed by atoms with E-state index in [0.717, 1.165) is 6.07 Å². The Kier molecular flexibility index (Phi) is 2.70. The topological polar surface area (TPSA) is 56.7 Å². The molecule has 96 valence electrons. The molecule has 3 rings (SSSR count). The maximum absolute atomic E-state index is 13.9. The van der Waals surface area contributed by atoms with Gasteiger partial charge in [-0.1, -0.05) is 0 Å². The van der Waals surface area contributed by atoms with Gasteiger partial charge in [-0.25, -0.2) is 18.7 Å². The molecule has 0 saturated heterocycles. The number of imidazole rings is 1. The maximum Gasteiger partial charge on any atom is 0.207 e. The van der Waals surface area contributed by atoms with Crippen LogP contribution in [0.5, 0.6) is 0 Å². The first-order valence-electron chi connectivity index (χ1n) is 5.32. The number of halogens is 3. The molecule has 0 aliphatic heterocycles. The first kappa shape index (κ1) is 12.0. The molecule has 0 radical (unpaired) electrons. The zero-order valence-corrected chi connectivity index (χ0v) is 11.0. The van der Waals surface area contributed by atoms with Crippen LogP contribution >= 0.6 is 15.9 Å². The van der Waals surface area contributed by atoms with Crippen LogP contribution in [0.2, 0.25) is 0 Å². The van der Waals surface area contributed by atoms with Crippen LogP contribution in [-0.4, -0.2) is 14.5 Å². The van der Waals surface area contributed by atoms with Crippen LogP contribution in [-0.2, 0) is 0 Å². The van der Waals surface area contributed by atoms with Gasteiger partial charge in [0.15, 0.2) is 5.65 Å². The van der Waals surface area contributed by atoms with Crippen molar-refractivity contribution < 1.29 is 8.78 Å². The molecule has 1 aromatic carbocycles. The molecule has 0 amide bonds. The molecule has 0 atom stereocenters. The lowest BCUT2D eigenvalue weighted by Gasteiger charge is -2.08. The highest BCUT2D eigenvalue weighted by Crippen LogP contribution is 2.27. The predicted molar refractivity (Wildman–Crippen MR) is 70.9 cm³/mol. The van der Waals surface area contributed by atoms with Crippen molar-refractivity contribution in [2.75, 3.05) is 5.73 Å². The first-order chi connectivity index (χ1) is 9.08. The van der Waals surface area contributed by atoms with Crippen LogP contribution in [0.25, 0.3) is 16.9 Å². The van der Waals surface area contributed by atoms with E-state index in [1.165, 1.54) is 10.6 Å². The van der Waals surface area contributed by atoms with Crippen LogP contribution < -0.4 is 5.73 Å². The van der Waals surface area contributed by atoms with Crippen molar-refractivity contribution in [1.29, 1.82) is 0 Å². The first-order valence-corrected chi connectivity index (χ1v) is 6.11. The summed E-state index contributed by atoms with van der Waals surface area (Å²) >= 11 is 3.02. The van der Waals surface area contributed by atoms with Crippen molar-refractivity contribution >= 4 is 33.0 Å². The van der Waals surface area contributed by atoms with Gasteiger partial charge < -0.3 is 5.73 Å². The van der Waals surface area contributed by atoms with Gasteiger partial charge in [0.1, 0.15) is 17.2 Å². The number of benzene rings is 1. The SMILES string of the molecule is Nc1nc2cccnc2n1-c1cc(Br)c(F)cc1F. The number of hydrogen-bond donors (Lipinski definition) is 1. The second-order valence-electron chi connectivity index (χ2n) is 3.87. The largest absolute Gasteiger partial charge is 0.369 e. The summed E-state index contributed by atoms with van der Waals surface area (Å²) < 4.78 is 28.6. The van der Waals surface area contributed by atoms with E-state index in [1.807, 2.05) is 0 Å². The Morgan fingerprint density at radius 1 is 1.21 bits per heavy atom. The Morgan fingerprint density at radius 3 is 2.79 bits per heavy atom. The molecule has 0 unspecified atom stereocenters. The van der Waals surface area contributed by atoms with Gasteiger partial charge in [0.2, 0.25) is 5.95 Å². The quantitative estimate of drug-likeness (QED) is 0.700. The highest BCUT2D eigenvalue weighted by Gasteiger charge is 2.16. The van der Waals surface area contributed by atoms with Crippen LogP contribution in [0.3, 0.4) is 0 Å². The van der Waals surface area contributed by atoms with E-state index < -0.39 is 11.6 Å². The molecular weight excluding hydrogens is 318 g/mol. The number of nitrogen functional groups attached to an aromatic ring is 1. The molecule has 0 aliphatic carbocycles. The number of nitrogens with two attached hydrogens (primary N) is 1. The van der Waals surface area contributed by atoms with Crippen molar-refractivity contribution in [3.63, 3.8) is 0 Å². The van der Waals surface area contributed by atoms with Crippen molar-refractivity contribution in [3.05, 3.63) is 46.6 Å². The molecule has 0 spiro atoms. The van der Waals surface area contributed by atoms with Gasteiger partial charge in [-0.3, -0.25) is 4.57 Å². The predicted octanol–water partition coefficient (Wildman–Crippen LogP) is 3.04. The second kappa shape index (κ2) is 4.27. The molecule has 4 nitrogen and oxygen atoms in total. The van der Waals surface area contributed by atoms with Gasteiger partial charge in [-0.05, 0) is 34.1 Å². The number of rotatable bonds is 1. The average molecular weight is 325 g/mol. The summed E-state index contributed by atoms with van der Waals surface area (Å²) in [5.74, 6) is -1.33. The van der Waals surface area contributed by atoms with Crippen LogP contribution in [0.4, 0.5) is 14.7 Å². The molecule has 19 heavy (non-hydrogen) atoms. The molecular formula is C12H7BrF2N4. The molecule has 0 saturated carbocycles. The third kappa shape index (κ3) is 1.86. The van der Waals surface area contributed by atoms with Gasteiger partial charge in [-0.15, -0.1) is 0 Å². The molecule has 0 bridgehead atoms. The summed E-state index contributed by atoms with van der Waals surface area (Å²) in [5, 5.41) is 0. The Balaban J connectivity index is 2.36. The summed E-state index contributed by atoms with van der Waals surface area (Å²) in [5.41, 5.74) is 6.82. The van der Waals surface area contributed by atoms with E-state index in [-0.39, 0.29) is 16.1 Å². The highest BCUT2D eigenvalue weighted by atomic mass is 79.9. The number of fused-ring (bicyclic) bond motifs is 1. The fourth-order valence-corrected chi connectivity index (χ4v) is 2.18. The number of anilines is 1. The van der Waals surface area contributed by atoms with Gasteiger partial charge in [0.05, 0.1) is 10.2 Å². The van der Waals surface area contributed by atoms with E-state index in [9.17, 15) is 8.78 Å². The summed E-state index contributed by atoms with van der Waals surface area (Å²) in [6, 6.07) is 5.51. The molecule has 3 aromatic rings. The second-order valence-corrected chi connectivity index (χ2v) is 4.72. The normalized spacial score (nSPS) is 11.1. The Morgan fingerprint density at radius 2 is 2.00 bits per heavy atom. The van der Waals surface area contributed by atoms with Crippen molar-refractivity contribution in [2.24, 2.45) is 0 Å². The summed E-state index contributed by atoms with van der Waals surface area (Å²) in [6.45, 7) is 0. The van der Waals surface area contributed by atoms with E-state index >= 15 is 0 Å². The van der Waals surface area contributed by atoms with E-state index in [1.54, 1.807) is 18.3 Å². The summed E-state index contributed by atoms with van der Waals surface area (Å²) in [6.07, 6.45) is 1.55. The monoisotopic (exact) mass is 324 g/mol. The minimum Gasteiger partial charge on any atom is -0.369 e. The smallest absolute Gasteiger partial charge is 0.207 e. The van der Waals surface area contributed by atoms with E-state index in [4.69, 9.17) is 5.73 Å². The molecule has 2 aromatic heterocycles. The lowest BCUT2D eigenvalue weighted by Crippen LogP contribution is -2.04. The van der Waals surface area contributed by atoms with Gasteiger partial charge in [0, 0.05) is 12.3 Å². The third-order valence-electron chi connectivity index (χ3n) is 2.67. The van der Waals surface area contributed by atoms with Gasteiger partial charge in [-0.2, -0.15) is 0 Å². The molecule has 2 N–H and O–H groups in total. The highest BCUT2D eigenvalue weighted by molar-refractivity contribution is 9.10. The Bertz CT molecular complexity index is 785. The number of hydrogen-bond acceptors (Lipinski definition) is 3. The third-order valence-corrected chi connectivity index (χ3v) is 3.28. The molecule has 0 aliphatic rings. The minimum atomic E-state index is -0.739. The van der Waals surface area contributed by atoms with Crippen LogP contribution in [0.15, 0.2) is 34.9 Å². The number of nitrogens with zero attached hydrogens (tertiary/aromatic N) is 3. The number of aromatic nitrogens is 3. The zero-order chi connectivity index (χ0) is 13.6. The minimum absolute atomic E-state index is 0.0890. The standard InChI is InChI=1S/C12H7BrF2N4/c13-6-4-10(8(15)5-7(6)14)19-11-9(18-12(19)16)2-1-3-17-11/h1-5H,(H2,16,18). The molecule has 7 heteroatoms. The molecule has 2 heterocycles. The number of pyridine rings is 1. The average Bonchev–Trinajstić information content (AvgIpc) is 2.70. The summed E-state index contributed by atoms with van der Waals surface area (Å²) in [7, 11) is 0. The van der Waals surface area contributed by atoms with E-state index in [2.05, 4.69) is 25.9 Å². The van der Waals surface area contributed by atoms with Gasteiger partial charge in [0.25, 0.3) is 0 Å².